The lowest BCUT2D eigenvalue weighted by molar-refractivity contribution is 0.255. The molecule has 0 heterocycles. The molecular weight excluding hydrogens is 268 g/mol. The van der Waals surface area contributed by atoms with Gasteiger partial charge in [-0.15, -0.1) is 0 Å². The van der Waals surface area contributed by atoms with Crippen LogP contribution in [0.3, 0.4) is 0 Å². The molecule has 0 radical (unpaired) electrons. The Kier molecular flexibility index (Phi) is 5.49. The van der Waals surface area contributed by atoms with E-state index in [1.807, 2.05) is 0 Å². The van der Waals surface area contributed by atoms with Crippen molar-refractivity contribution in [3.8, 4) is 11.5 Å². The van der Waals surface area contributed by atoms with Crippen LogP contribution in [-0.4, -0.2) is 20.3 Å². The molecule has 2 rings (SSSR count). The summed E-state index contributed by atoms with van der Waals surface area (Å²) in [7, 11) is 3.14. The molecule has 2 N–H and O–H groups in total. The Bertz CT molecular complexity index is 508. The summed E-state index contributed by atoms with van der Waals surface area (Å²) in [5.41, 5.74) is 0.652. The Morgan fingerprint density at radius 2 is 1.90 bits per heavy atom. The number of hydrogen-bond donors (Lipinski definition) is 2. The largest absolute Gasteiger partial charge is 0.493 e. The van der Waals surface area contributed by atoms with Crippen molar-refractivity contribution in [3.05, 3.63) is 30.5 Å². The highest BCUT2D eigenvalue weighted by atomic mass is 16.5. The standard InChI is InChI=1S/C16H22N2O3/c1-20-14-8-7-13(11-15(14)21-2)18-16(19)17-10-9-12-5-3-4-6-12/h7-12H,3-6H2,1-2H3,(H2,17,18,19)/b10-9+. The molecule has 0 aromatic heterocycles. The Hall–Kier alpha value is -2.17. The second-order valence-corrected chi connectivity index (χ2v) is 5.07. The van der Waals surface area contributed by atoms with Crippen LogP contribution in [0.15, 0.2) is 30.5 Å². The molecule has 0 aliphatic heterocycles. The minimum atomic E-state index is -0.267. The van der Waals surface area contributed by atoms with Crippen molar-refractivity contribution >= 4 is 11.7 Å². The first kappa shape index (κ1) is 15.2. The number of carbonyl (C=O) groups is 1. The highest BCUT2D eigenvalue weighted by molar-refractivity contribution is 5.90. The van der Waals surface area contributed by atoms with Crippen LogP contribution in [0.25, 0.3) is 0 Å². The molecule has 1 aromatic carbocycles. The van der Waals surface area contributed by atoms with Crippen molar-refractivity contribution in [1.29, 1.82) is 0 Å². The first-order valence-corrected chi connectivity index (χ1v) is 7.19. The number of allylic oxidation sites excluding steroid dienone is 1. The Morgan fingerprint density at radius 1 is 1.19 bits per heavy atom. The lowest BCUT2D eigenvalue weighted by Crippen LogP contribution is -2.24. The summed E-state index contributed by atoms with van der Waals surface area (Å²) in [6.07, 6.45) is 8.80. The highest BCUT2D eigenvalue weighted by Crippen LogP contribution is 2.29. The Morgan fingerprint density at radius 3 is 2.57 bits per heavy atom. The zero-order valence-corrected chi connectivity index (χ0v) is 12.5. The SMILES string of the molecule is COc1ccc(NC(=O)N/C=C/C2CCCC2)cc1OC. The Balaban J connectivity index is 1.87. The number of methoxy groups -OCH3 is 2. The second kappa shape index (κ2) is 7.57. The molecule has 1 aliphatic carbocycles. The molecular formula is C16H22N2O3. The summed E-state index contributed by atoms with van der Waals surface area (Å²) in [6.45, 7) is 0. The van der Waals surface area contributed by atoms with Gasteiger partial charge in [-0.25, -0.2) is 4.79 Å². The molecule has 0 saturated heterocycles. The van der Waals surface area contributed by atoms with Crippen LogP contribution in [0.4, 0.5) is 10.5 Å². The monoisotopic (exact) mass is 290 g/mol. The smallest absolute Gasteiger partial charge is 0.323 e. The average Bonchev–Trinajstić information content (AvgIpc) is 3.00. The van der Waals surface area contributed by atoms with Crippen molar-refractivity contribution in [2.24, 2.45) is 5.92 Å². The summed E-state index contributed by atoms with van der Waals surface area (Å²) >= 11 is 0. The first-order valence-electron chi connectivity index (χ1n) is 7.19. The molecule has 1 aliphatic rings. The molecule has 21 heavy (non-hydrogen) atoms. The van der Waals surface area contributed by atoms with E-state index in [-0.39, 0.29) is 6.03 Å². The van der Waals surface area contributed by atoms with Crippen LogP contribution < -0.4 is 20.1 Å². The van der Waals surface area contributed by atoms with E-state index in [2.05, 4.69) is 16.7 Å². The molecule has 1 fully saturated rings. The van der Waals surface area contributed by atoms with Gasteiger partial charge in [0.05, 0.1) is 14.2 Å². The number of urea groups is 1. The van der Waals surface area contributed by atoms with Crippen molar-refractivity contribution in [3.63, 3.8) is 0 Å². The fourth-order valence-electron chi connectivity index (χ4n) is 2.49. The summed E-state index contributed by atoms with van der Waals surface area (Å²) in [5.74, 6) is 1.81. The van der Waals surface area contributed by atoms with Gasteiger partial charge in [0.1, 0.15) is 0 Å². The maximum absolute atomic E-state index is 11.8. The van der Waals surface area contributed by atoms with Gasteiger partial charge in [0, 0.05) is 18.0 Å². The number of nitrogens with one attached hydrogen (secondary N) is 2. The van der Waals surface area contributed by atoms with E-state index in [4.69, 9.17) is 9.47 Å². The summed E-state index contributed by atoms with van der Waals surface area (Å²) in [4.78, 5) is 11.8. The molecule has 5 heteroatoms. The van der Waals surface area contributed by atoms with E-state index in [0.29, 0.717) is 23.1 Å². The van der Waals surface area contributed by atoms with Gasteiger partial charge in [-0.2, -0.15) is 0 Å². The maximum atomic E-state index is 11.8. The van der Waals surface area contributed by atoms with Crippen LogP contribution in [0, 0.1) is 5.92 Å². The van der Waals surface area contributed by atoms with Gasteiger partial charge in [-0.05, 0) is 30.9 Å². The molecule has 0 atom stereocenters. The van der Waals surface area contributed by atoms with E-state index in [9.17, 15) is 4.79 Å². The first-order chi connectivity index (χ1) is 10.2. The maximum Gasteiger partial charge on any atom is 0.323 e. The van der Waals surface area contributed by atoms with Gasteiger partial charge in [0.15, 0.2) is 11.5 Å². The zero-order valence-electron chi connectivity index (χ0n) is 12.5. The van der Waals surface area contributed by atoms with Crippen LogP contribution in [0.2, 0.25) is 0 Å². The quantitative estimate of drug-likeness (QED) is 0.872. The topological polar surface area (TPSA) is 59.6 Å². The van der Waals surface area contributed by atoms with E-state index in [1.165, 1.54) is 25.7 Å². The molecule has 0 bridgehead atoms. The van der Waals surface area contributed by atoms with Crippen molar-refractivity contribution < 1.29 is 14.3 Å². The molecule has 5 nitrogen and oxygen atoms in total. The molecule has 1 saturated carbocycles. The molecule has 2 amide bonds. The van der Waals surface area contributed by atoms with Gasteiger partial charge in [-0.1, -0.05) is 18.9 Å². The lowest BCUT2D eigenvalue weighted by Gasteiger charge is -2.10. The Labute approximate surface area is 125 Å². The van der Waals surface area contributed by atoms with Gasteiger partial charge < -0.3 is 20.1 Å². The van der Waals surface area contributed by atoms with Crippen LogP contribution >= 0.6 is 0 Å². The number of benzene rings is 1. The molecule has 1 aromatic rings. The predicted molar refractivity (Wildman–Crippen MR) is 82.8 cm³/mol. The molecule has 0 unspecified atom stereocenters. The van der Waals surface area contributed by atoms with Crippen molar-refractivity contribution in [2.45, 2.75) is 25.7 Å². The van der Waals surface area contributed by atoms with Gasteiger partial charge in [0.25, 0.3) is 0 Å². The number of hydrogen-bond acceptors (Lipinski definition) is 3. The third-order valence-corrected chi connectivity index (χ3v) is 3.62. The van der Waals surface area contributed by atoms with Gasteiger partial charge >= 0.3 is 6.03 Å². The predicted octanol–water partition coefficient (Wildman–Crippen LogP) is 3.53. The van der Waals surface area contributed by atoms with E-state index >= 15 is 0 Å². The summed E-state index contributed by atoms with van der Waals surface area (Å²) in [5, 5.41) is 5.48. The van der Waals surface area contributed by atoms with E-state index in [1.54, 1.807) is 38.6 Å². The average molecular weight is 290 g/mol. The number of anilines is 1. The highest BCUT2D eigenvalue weighted by Gasteiger charge is 2.11. The van der Waals surface area contributed by atoms with Crippen LogP contribution in [0.5, 0.6) is 11.5 Å². The van der Waals surface area contributed by atoms with E-state index < -0.39 is 0 Å². The normalized spacial score (nSPS) is 15.1. The summed E-state index contributed by atoms with van der Waals surface area (Å²) < 4.78 is 10.3. The zero-order chi connectivity index (χ0) is 15.1. The number of ether oxygens (including phenoxy) is 2. The van der Waals surface area contributed by atoms with Crippen molar-refractivity contribution in [1.82, 2.24) is 5.32 Å². The fourth-order valence-corrected chi connectivity index (χ4v) is 2.49. The van der Waals surface area contributed by atoms with Crippen LogP contribution in [0.1, 0.15) is 25.7 Å². The van der Waals surface area contributed by atoms with E-state index in [0.717, 1.165) is 0 Å². The minimum Gasteiger partial charge on any atom is -0.493 e. The molecule has 0 spiro atoms. The van der Waals surface area contributed by atoms with Crippen LogP contribution in [-0.2, 0) is 0 Å². The number of amides is 2. The second-order valence-electron chi connectivity index (χ2n) is 5.07. The van der Waals surface area contributed by atoms with Crippen molar-refractivity contribution in [2.75, 3.05) is 19.5 Å². The van der Waals surface area contributed by atoms with Gasteiger partial charge in [-0.3, -0.25) is 0 Å². The third-order valence-electron chi connectivity index (χ3n) is 3.62. The number of rotatable bonds is 5. The van der Waals surface area contributed by atoms with Gasteiger partial charge in [0.2, 0.25) is 0 Å². The third kappa shape index (κ3) is 4.41. The molecule has 114 valence electrons. The number of carbonyl (C=O) groups excluding carboxylic acids is 1. The lowest BCUT2D eigenvalue weighted by atomic mass is 10.1. The fraction of sp³-hybridized carbons (Fsp3) is 0.438. The minimum absolute atomic E-state index is 0.267. The summed E-state index contributed by atoms with van der Waals surface area (Å²) in [6, 6.07) is 4.97.